The number of Topliss-reactive ketones (excluding diaryl/α,β-unsaturated/α-hetero) is 1. The predicted octanol–water partition coefficient (Wildman–Crippen LogP) is 5.58. The molecule has 0 spiro atoms. The molecule has 0 bridgehead atoms. The number of likely N-dealkylation sites (tertiary alicyclic amines) is 1. The van der Waals surface area contributed by atoms with Gasteiger partial charge in [0.25, 0.3) is 0 Å². The number of fused-ring (bicyclic) bond motifs is 1. The van der Waals surface area contributed by atoms with E-state index in [1.807, 2.05) is 30.3 Å². The molecule has 2 aromatic carbocycles. The minimum Gasteiger partial charge on any atom is -0.347 e. The number of ketones is 1. The molecule has 0 N–H and O–H groups in total. The second-order valence-electron chi connectivity index (χ2n) is 8.31. The van der Waals surface area contributed by atoms with Crippen LogP contribution in [0, 0.1) is 5.92 Å². The summed E-state index contributed by atoms with van der Waals surface area (Å²) in [5.74, 6) is 0.520. The summed E-state index contributed by atoms with van der Waals surface area (Å²) in [6, 6.07) is 18.6. The van der Waals surface area contributed by atoms with Crippen LogP contribution in [0.4, 0.5) is 0 Å². The maximum absolute atomic E-state index is 12.7. The van der Waals surface area contributed by atoms with Gasteiger partial charge in [-0.15, -0.1) is 0 Å². The maximum Gasteiger partial charge on any atom is 0.166 e. The van der Waals surface area contributed by atoms with E-state index in [1.54, 1.807) is 0 Å². The van der Waals surface area contributed by atoms with Gasteiger partial charge in [0.15, 0.2) is 5.78 Å². The number of aryl methyl sites for hydroxylation is 2. The minimum absolute atomic E-state index is 0.193. The van der Waals surface area contributed by atoms with E-state index in [0.29, 0.717) is 5.78 Å². The highest BCUT2D eigenvalue weighted by Crippen LogP contribution is 2.24. The summed E-state index contributed by atoms with van der Waals surface area (Å²) >= 11 is 0. The molecule has 152 valence electrons. The van der Waals surface area contributed by atoms with Crippen LogP contribution in [-0.4, -0.2) is 34.9 Å². The first-order valence-electron chi connectivity index (χ1n) is 11.1. The van der Waals surface area contributed by atoms with Gasteiger partial charge in [-0.2, -0.15) is 0 Å². The average Bonchev–Trinajstić information content (AvgIpc) is 3.12. The molecule has 3 heteroatoms. The molecule has 1 aliphatic heterocycles. The van der Waals surface area contributed by atoms with Crippen molar-refractivity contribution in [2.75, 3.05) is 19.6 Å². The fraction of sp³-hybridized carbons (Fsp3) is 0.423. The second-order valence-corrected chi connectivity index (χ2v) is 8.31. The van der Waals surface area contributed by atoms with Crippen molar-refractivity contribution in [2.24, 2.45) is 5.92 Å². The Kier molecular flexibility index (Phi) is 6.46. The number of hydrogen-bond donors (Lipinski definition) is 0. The van der Waals surface area contributed by atoms with E-state index in [2.05, 4.69) is 46.9 Å². The number of carbonyl (C=O) groups is 1. The van der Waals surface area contributed by atoms with E-state index in [0.717, 1.165) is 57.4 Å². The highest BCUT2D eigenvalue weighted by Gasteiger charge is 2.25. The number of benzene rings is 2. The molecule has 0 atom stereocenters. The van der Waals surface area contributed by atoms with Gasteiger partial charge < -0.3 is 9.47 Å². The molecule has 1 fully saturated rings. The van der Waals surface area contributed by atoms with Crippen LogP contribution in [0.5, 0.6) is 0 Å². The molecule has 0 unspecified atom stereocenters. The van der Waals surface area contributed by atoms with E-state index in [4.69, 9.17) is 0 Å². The molecule has 4 rings (SSSR count). The van der Waals surface area contributed by atoms with Crippen LogP contribution < -0.4 is 0 Å². The van der Waals surface area contributed by atoms with Gasteiger partial charge in [-0.05, 0) is 56.9 Å². The zero-order chi connectivity index (χ0) is 20.1. The number of aromatic nitrogens is 1. The van der Waals surface area contributed by atoms with Crippen LogP contribution in [0.25, 0.3) is 10.9 Å². The van der Waals surface area contributed by atoms with Crippen molar-refractivity contribution in [1.29, 1.82) is 0 Å². The van der Waals surface area contributed by atoms with Crippen molar-refractivity contribution in [1.82, 2.24) is 9.47 Å². The Bertz CT molecular complexity index is 936. The lowest BCUT2D eigenvalue weighted by molar-refractivity contribution is 0.0838. The first kappa shape index (κ1) is 19.9. The Morgan fingerprint density at radius 1 is 0.966 bits per heavy atom. The molecule has 0 amide bonds. The lowest BCUT2D eigenvalue weighted by Crippen LogP contribution is -2.37. The van der Waals surface area contributed by atoms with Crippen LogP contribution in [0.3, 0.4) is 0 Å². The van der Waals surface area contributed by atoms with Gasteiger partial charge >= 0.3 is 0 Å². The Balaban J connectivity index is 1.28. The van der Waals surface area contributed by atoms with E-state index < -0.39 is 0 Å². The smallest absolute Gasteiger partial charge is 0.166 e. The number of para-hydroxylation sites is 1. The topological polar surface area (TPSA) is 25.2 Å². The van der Waals surface area contributed by atoms with Gasteiger partial charge in [0.2, 0.25) is 0 Å². The molecule has 0 radical (unpaired) electrons. The van der Waals surface area contributed by atoms with Crippen LogP contribution in [0.2, 0.25) is 0 Å². The molecule has 0 saturated carbocycles. The maximum atomic E-state index is 12.7. The Morgan fingerprint density at radius 2 is 1.69 bits per heavy atom. The Morgan fingerprint density at radius 3 is 2.45 bits per heavy atom. The Hall–Kier alpha value is -2.39. The monoisotopic (exact) mass is 388 g/mol. The molecular formula is C26H32N2O. The number of carbonyl (C=O) groups excluding carboxylic acids is 1. The fourth-order valence-electron chi connectivity index (χ4n) is 4.70. The molecule has 1 aliphatic rings. The summed E-state index contributed by atoms with van der Waals surface area (Å²) in [4.78, 5) is 15.2. The minimum atomic E-state index is 0.193. The third-order valence-electron chi connectivity index (χ3n) is 6.28. The van der Waals surface area contributed by atoms with Crippen molar-refractivity contribution >= 4 is 16.7 Å². The van der Waals surface area contributed by atoms with E-state index >= 15 is 0 Å². The highest BCUT2D eigenvalue weighted by molar-refractivity contribution is 5.97. The molecule has 3 aromatic rings. The number of rotatable bonds is 8. The third-order valence-corrected chi connectivity index (χ3v) is 6.28. The zero-order valence-corrected chi connectivity index (χ0v) is 17.5. The van der Waals surface area contributed by atoms with Crippen molar-refractivity contribution in [3.05, 3.63) is 71.9 Å². The van der Waals surface area contributed by atoms with Gasteiger partial charge in [-0.3, -0.25) is 4.79 Å². The van der Waals surface area contributed by atoms with Gasteiger partial charge in [0, 0.05) is 35.1 Å². The number of hydrogen-bond acceptors (Lipinski definition) is 2. The fourth-order valence-corrected chi connectivity index (χ4v) is 4.70. The van der Waals surface area contributed by atoms with E-state index in [-0.39, 0.29) is 5.92 Å². The summed E-state index contributed by atoms with van der Waals surface area (Å²) in [5.41, 5.74) is 3.71. The van der Waals surface area contributed by atoms with Crippen molar-refractivity contribution in [3.8, 4) is 0 Å². The van der Waals surface area contributed by atoms with Crippen LogP contribution in [0.1, 0.15) is 48.5 Å². The van der Waals surface area contributed by atoms with Crippen molar-refractivity contribution in [3.63, 3.8) is 0 Å². The normalized spacial score (nSPS) is 15.8. The van der Waals surface area contributed by atoms with Gasteiger partial charge in [-0.25, -0.2) is 0 Å². The lowest BCUT2D eigenvalue weighted by atomic mass is 9.89. The number of nitrogens with zero attached hydrogens (tertiary/aromatic N) is 2. The summed E-state index contributed by atoms with van der Waals surface area (Å²) in [6.07, 6.45) is 7.82. The molecule has 0 aliphatic carbocycles. The first-order valence-corrected chi connectivity index (χ1v) is 11.1. The quantitative estimate of drug-likeness (QED) is 0.471. The summed E-state index contributed by atoms with van der Waals surface area (Å²) in [7, 11) is 0. The van der Waals surface area contributed by atoms with Crippen molar-refractivity contribution < 1.29 is 4.79 Å². The summed E-state index contributed by atoms with van der Waals surface area (Å²) in [5, 5.41) is 1.41. The lowest BCUT2D eigenvalue weighted by Gasteiger charge is -2.31. The van der Waals surface area contributed by atoms with Crippen LogP contribution in [0.15, 0.2) is 60.8 Å². The van der Waals surface area contributed by atoms with Crippen molar-refractivity contribution in [2.45, 2.75) is 45.6 Å². The molecule has 1 aromatic heterocycles. The second kappa shape index (κ2) is 9.41. The predicted molar refractivity (Wildman–Crippen MR) is 120 cm³/mol. The first-order chi connectivity index (χ1) is 14.3. The highest BCUT2D eigenvalue weighted by atomic mass is 16.1. The standard InChI is InChI=1S/C26H32N2O/c1-2-9-23-20-28(25-13-7-6-12-24(23)25)17-8-16-27-18-14-22(15-19-27)26(29)21-10-4-3-5-11-21/h3-7,10-13,20,22H,2,8-9,14-19H2,1H3. The summed E-state index contributed by atoms with van der Waals surface area (Å²) < 4.78 is 2.44. The van der Waals surface area contributed by atoms with Gasteiger partial charge in [0.05, 0.1) is 0 Å². The van der Waals surface area contributed by atoms with Crippen LogP contribution >= 0.6 is 0 Å². The molecule has 2 heterocycles. The summed E-state index contributed by atoms with van der Waals surface area (Å²) in [6.45, 7) is 6.50. The molecule has 3 nitrogen and oxygen atoms in total. The SMILES string of the molecule is CCCc1cn(CCCN2CCC(C(=O)c3ccccc3)CC2)c2ccccc12. The molecular weight excluding hydrogens is 356 g/mol. The van der Waals surface area contributed by atoms with E-state index in [9.17, 15) is 4.79 Å². The Labute approximate surface area is 174 Å². The van der Waals surface area contributed by atoms with Gasteiger partial charge in [-0.1, -0.05) is 61.9 Å². The zero-order valence-electron chi connectivity index (χ0n) is 17.5. The van der Waals surface area contributed by atoms with E-state index in [1.165, 1.54) is 22.9 Å². The average molecular weight is 389 g/mol. The van der Waals surface area contributed by atoms with Crippen LogP contribution in [-0.2, 0) is 13.0 Å². The molecule has 1 saturated heterocycles. The third kappa shape index (κ3) is 4.62. The largest absolute Gasteiger partial charge is 0.347 e. The van der Waals surface area contributed by atoms with Gasteiger partial charge in [0.1, 0.15) is 0 Å². The molecule has 29 heavy (non-hydrogen) atoms. The number of piperidine rings is 1.